The van der Waals surface area contributed by atoms with Crippen LogP contribution in [0.2, 0.25) is 0 Å². The van der Waals surface area contributed by atoms with Crippen molar-refractivity contribution in [2.24, 2.45) is 5.92 Å². The SMILES string of the molecule is CCc1cnc(N2CCC(Oc3ccc(CC4COSOC4)cc3)CC2)nc1. The summed E-state index contributed by atoms with van der Waals surface area (Å²) < 4.78 is 16.8. The third kappa shape index (κ3) is 5.16. The van der Waals surface area contributed by atoms with Crippen molar-refractivity contribution in [2.45, 2.75) is 38.7 Å². The molecule has 1 aromatic carbocycles. The summed E-state index contributed by atoms with van der Waals surface area (Å²) in [5, 5.41) is 0. The lowest BCUT2D eigenvalue weighted by atomic mass is 10.0. The van der Waals surface area contributed by atoms with E-state index in [4.69, 9.17) is 13.1 Å². The average molecular weight is 402 g/mol. The molecule has 0 radical (unpaired) electrons. The van der Waals surface area contributed by atoms with E-state index in [1.165, 1.54) is 11.1 Å². The van der Waals surface area contributed by atoms with E-state index in [1.54, 1.807) is 0 Å². The first-order chi connectivity index (χ1) is 13.8. The van der Waals surface area contributed by atoms with E-state index in [0.29, 0.717) is 5.92 Å². The zero-order valence-corrected chi connectivity index (χ0v) is 17.1. The van der Waals surface area contributed by atoms with Gasteiger partial charge >= 0.3 is 0 Å². The minimum atomic E-state index is 0.245. The van der Waals surface area contributed by atoms with E-state index >= 15 is 0 Å². The molecule has 7 heteroatoms. The van der Waals surface area contributed by atoms with Crippen LogP contribution in [0.15, 0.2) is 36.7 Å². The Bertz CT molecular complexity index is 728. The lowest BCUT2D eigenvalue weighted by Crippen LogP contribution is -2.39. The van der Waals surface area contributed by atoms with E-state index in [0.717, 1.165) is 76.0 Å². The molecular formula is C21H27N3O3S. The first-order valence-corrected chi connectivity index (χ1v) is 10.7. The van der Waals surface area contributed by atoms with E-state index in [2.05, 4.69) is 46.1 Å². The minimum Gasteiger partial charge on any atom is -0.490 e. The number of nitrogens with zero attached hydrogens (tertiary/aromatic N) is 3. The van der Waals surface area contributed by atoms with E-state index in [9.17, 15) is 0 Å². The smallest absolute Gasteiger partial charge is 0.225 e. The average Bonchev–Trinajstić information content (AvgIpc) is 2.76. The van der Waals surface area contributed by atoms with Gasteiger partial charge in [-0.25, -0.2) is 9.97 Å². The van der Waals surface area contributed by atoms with Crippen LogP contribution in [-0.2, 0) is 21.2 Å². The second-order valence-electron chi connectivity index (χ2n) is 7.40. The van der Waals surface area contributed by atoms with Crippen LogP contribution < -0.4 is 9.64 Å². The molecule has 0 spiro atoms. The summed E-state index contributed by atoms with van der Waals surface area (Å²) in [6.45, 7) is 5.45. The second kappa shape index (κ2) is 9.58. The maximum absolute atomic E-state index is 6.20. The Morgan fingerprint density at radius 2 is 1.71 bits per heavy atom. The molecule has 0 atom stereocenters. The molecule has 2 saturated heterocycles. The Hall–Kier alpha value is -1.83. The van der Waals surface area contributed by atoms with Crippen LogP contribution in [0.3, 0.4) is 0 Å². The van der Waals surface area contributed by atoms with Gasteiger partial charge in [0.2, 0.25) is 5.95 Å². The van der Waals surface area contributed by atoms with Crippen LogP contribution in [0.1, 0.15) is 30.9 Å². The molecule has 2 aromatic rings. The van der Waals surface area contributed by atoms with Crippen molar-refractivity contribution in [3.05, 3.63) is 47.8 Å². The summed E-state index contributed by atoms with van der Waals surface area (Å²) in [5.41, 5.74) is 2.46. The molecule has 6 nitrogen and oxygen atoms in total. The highest BCUT2D eigenvalue weighted by molar-refractivity contribution is 7.89. The first kappa shape index (κ1) is 19.5. The van der Waals surface area contributed by atoms with Gasteiger partial charge < -0.3 is 9.64 Å². The Balaban J connectivity index is 1.25. The van der Waals surface area contributed by atoms with Crippen molar-refractivity contribution in [1.82, 2.24) is 9.97 Å². The van der Waals surface area contributed by atoms with Crippen molar-refractivity contribution in [1.29, 1.82) is 0 Å². The molecule has 0 amide bonds. The number of ether oxygens (including phenoxy) is 1. The fraction of sp³-hybridized carbons (Fsp3) is 0.524. The van der Waals surface area contributed by atoms with Gasteiger partial charge in [0, 0.05) is 44.2 Å². The van der Waals surface area contributed by atoms with E-state index in [-0.39, 0.29) is 6.10 Å². The highest BCUT2D eigenvalue weighted by Gasteiger charge is 2.22. The Kier molecular flexibility index (Phi) is 6.67. The van der Waals surface area contributed by atoms with Crippen molar-refractivity contribution in [3.63, 3.8) is 0 Å². The van der Waals surface area contributed by atoms with E-state index < -0.39 is 0 Å². The largest absolute Gasteiger partial charge is 0.490 e. The number of benzene rings is 1. The third-order valence-corrected chi connectivity index (χ3v) is 5.74. The van der Waals surface area contributed by atoms with Crippen LogP contribution in [-0.4, -0.2) is 42.4 Å². The predicted octanol–water partition coefficient (Wildman–Crippen LogP) is 3.86. The molecule has 1 aromatic heterocycles. The Labute approximate surface area is 171 Å². The van der Waals surface area contributed by atoms with Gasteiger partial charge in [-0.15, -0.1) is 0 Å². The van der Waals surface area contributed by atoms with Gasteiger partial charge in [-0.2, -0.15) is 0 Å². The fourth-order valence-corrected chi connectivity index (χ4v) is 4.11. The lowest BCUT2D eigenvalue weighted by molar-refractivity contribution is 0.146. The lowest BCUT2D eigenvalue weighted by Gasteiger charge is -2.32. The van der Waals surface area contributed by atoms with Crippen LogP contribution in [0.25, 0.3) is 0 Å². The van der Waals surface area contributed by atoms with Crippen LogP contribution >= 0.6 is 12.3 Å². The van der Waals surface area contributed by atoms with Crippen LogP contribution in [0.5, 0.6) is 5.75 Å². The number of aromatic nitrogens is 2. The van der Waals surface area contributed by atoms with Crippen molar-refractivity contribution in [3.8, 4) is 5.75 Å². The number of piperidine rings is 1. The molecule has 0 unspecified atom stereocenters. The van der Waals surface area contributed by atoms with Crippen molar-refractivity contribution in [2.75, 3.05) is 31.2 Å². The standard InChI is InChI=1S/C21H27N3O3S/c1-2-16-12-22-21(23-13-16)24-9-7-20(8-10-24)27-19-5-3-17(4-6-19)11-18-14-25-28-26-15-18/h3-6,12-13,18,20H,2,7-11,14-15H2,1H3. The quantitative estimate of drug-likeness (QED) is 0.681. The van der Waals surface area contributed by atoms with Gasteiger partial charge in [-0.05, 0) is 36.1 Å². The zero-order chi connectivity index (χ0) is 19.2. The molecule has 0 bridgehead atoms. The summed E-state index contributed by atoms with van der Waals surface area (Å²) in [6, 6.07) is 8.45. The van der Waals surface area contributed by atoms with Crippen molar-refractivity contribution >= 4 is 18.3 Å². The Morgan fingerprint density at radius 3 is 2.36 bits per heavy atom. The number of anilines is 1. The van der Waals surface area contributed by atoms with Crippen LogP contribution in [0, 0.1) is 5.92 Å². The summed E-state index contributed by atoms with van der Waals surface area (Å²) in [5.74, 6) is 2.19. The number of rotatable bonds is 6. The van der Waals surface area contributed by atoms with E-state index in [1.807, 2.05) is 12.4 Å². The summed E-state index contributed by atoms with van der Waals surface area (Å²) in [4.78, 5) is 11.2. The molecule has 0 N–H and O–H groups in total. The Morgan fingerprint density at radius 1 is 1.04 bits per heavy atom. The third-order valence-electron chi connectivity index (χ3n) is 5.28. The molecule has 2 fully saturated rings. The van der Waals surface area contributed by atoms with Gasteiger partial charge in [0.1, 0.15) is 11.9 Å². The maximum Gasteiger partial charge on any atom is 0.225 e. The second-order valence-corrected chi connectivity index (χ2v) is 8.01. The van der Waals surface area contributed by atoms with Crippen molar-refractivity contribution < 1.29 is 13.1 Å². The van der Waals surface area contributed by atoms with Gasteiger partial charge in [-0.1, -0.05) is 19.1 Å². The van der Waals surface area contributed by atoms with Gasteiger partial charge in [-0.3, -0.25) is 8.37 Å². The zero-order valence-electron chi connectivity index (χ0n) is 16.3. The minimum absolute atomic E-state index is 0.245. The highest BCUT2D eigenvalue weighted by atomic mass is 32.2. The molecule has 0 aliphatic carbocycles. The summed E-state index contributed by atoms with van der Waals surface area (Å²) in [7, 11) is 0. The van der Waals surface area contributed by atoms with Gasteiger partial charge in [0.15, 0.2) is 12.3 Å². The molecule has 4 rings (SSSR count). The molecule has 3 heterocycles. The summed E-state index contributed by atoms with van der Waals surface area (Å²) >= 11 is 1.10. The fourth-order valence-electron chi connectivity index (χ4n) is 3.55. The summed E-state index contributed by atoms with van der Waals surface area (Å²) in [6.07, 6.45) is 8.00. The molecule has 28 heavy (non-hydrogen) atoms. The molecule has 0 saturated carbocycles. The molecule has 150 valence electrons. The number of hydrogen-bond acceptors (Lipinski definition) is 7. The monoisotopic (exact) mass is 401 g/mol. The molecular weight excluding hydrogens is 374 g/mol. The topological polar surface area (TPSA) is 56.7 Å². The first-order valence-electron chi connectivity index (χ1n) is 10.0. The normalized spacial score (nSPS) is 19.0. The number of hydrogen-bond donors (Lipinski definition) is 0. The number of aryl methyl sites for hydroxylation is 1. The highest BCUT2D eigenvalue weighted by Crippen LogP contribution is 2.24. The molecule has 2 aliphatic rings. The molecule has 2 aliphatic heterocycles. The predicted molar refractivity (Wildman–Crippen MR) is 110 cm³/mol. The van der Waals surface area contributed by atoms with Crippen LogP contribution in [0.4, 0.5) is 5.95 Å². The maximum atomic E-state index is 6.20. The van der Waals surface area contributed by atoms with Gasteiger partial charge in [0.05, 0.1) is 13.2 Å². The van der Waals surface area contributed by atoms with Gasteiger partial charge in [0.25, 0.3) is 0 Å².